The Morgan fingerprint density at radius 1 is 1.43 bits per heavy atom. The van der Waals surface area contributed by atoms with E-state index in [4.69, 9.17) is 10.5 Å². The van der Waals surface area contributed by atoms with Gasteiger partial charge in [0.15, 0.2) is 0 Å². The Balaban J connectivity index is 2.08. The lowest BCUT2D eigenvalue weighted by atomic mass is 9.84. The van der Waals surface area contributed by atoms with E-state index in [1.54, 1.807) is 12.1 Å². The molecule has 1 aliphatic rings. The number of phenolic OH excluding ortho intramolecular Hbond substituents is 1. The van der Waals surface area contributed by atoms with Gasteiger partial charge in [0.05, 0.1) is 12.7 Å². The number of nitrogens with one attached hydrogen (secondary N) is 1. The van der Waals surface area contributed by atoms with Crippen LogP contribution in [0.4, 0.5) is 0 Å². The van der Waals surface area contributed by atoms with Crippen LogP contribution in [0.2, 0.25) is 0 Å². The molecule has 1 atom stereocenters. The average Bonchev–Trinajstić information content (AvgIpc) is 2.53. The molecule has 0 radical (unpaired) electrons. The van der Waals surface area contributed by atoms with Gasteiger partial charge in [-0.3, -0.25) is 4.79 Å². The minimum Gasteiger partial charge on any atom is -0.507 e. The molecule has 1 aromatic carbocycles. The summed E-state index contributed by atoms with van der Waals surface area (Å²) in [5.41, 5.74) is 6.05. The Bertz CT molecular complexity index is 484. The smallest absolute Gasteiger partial charge is 0.255 e. The summed E-state index contributed by atoms with van der Waals surface area (Å²) in [5, 5.41) is 12.8. The molecule has 116 valence electrons. The number of nitrogens with two attached hydrogens (primary N) is 1. The van der Waals surface area contributed by atoms with Gasteiger partial charge in [-0.1, -0.05) is 19.3 Å². The van der Waals surface area contributed by atoms with E-state index < -0.39 is 0 Å². The van der Waals surface area contributed by atoms with Crippen LogP contribution in [0.15, 0.2) is 18.2 Å². The number of rotatable bonds is 5. The molecule has 0 aliphatic heterocycles. The lowest BCUT2D eigenvalue weighted by Crippen LogP contribution is -2.45. The highest BCUT2D eigenvalue weighted by molar-refractivity contribution is 5.97. The lowest BCUT2D eigenvalue weighted by Gasteiger charge is -2.30. The van der Waals surface area contributed by atoms with Crippen LogP contribution in [0, 0.1) is 5.92 Å². The van der Waals surface area contributed by atoms with Gasteiger partial charge in [-0.05, 0) is 37.0 Å². The van der Waals surface area contributed by atoms with Crippen LogP contribution < -0.4 is 15.8 Å². The van der Waals surface area contributed by atoms with Crippen molar-refractivity contribution in [1.29, 1.82) is 0 Å². The van der Waals surface area contributed by atoms with Crippen molar-refractivity contribution in [3.63, 3.8) is 0 Å². The first-order chi connectivity index (χ1) is 10.2. The third kappa shape index (κ3) is 3.88. The van der Waals surface area contributed by atoms with E-state index in [1.165, 1.54) is 32.4 Å². The summed E-state index contributed by atoms with van der Waals surface area (Å²) < 4.78 is 5.09. The van der Waals surface area contributed by atoms with Gasteiger partial charge < -0.3 is 20.9 Å². The van der Waals surface area contributed by atoms with Crippen molar-refractivity contribution >= 4 is 5.91 Å². The van der Waals surface area contributed by atoms with Crippen LogP contribution >= 0.6 is 0 Å². The minimum absolute atomic E-state index is 0.0385. The molecule has 1 saturated carbocycles. The molecule has 1 unspecified atom stereocenters. The molecule has 1 aromatic rings. The van der Waals surface area contributed by atoms with Gasteiger partial charge in [-0.15, -0.1) is 0 Å². The molecule has 4 N–H and O–H groups in total. The van der Waals surface area contributed by atoms with Crippen LogP contribution in [0.5, 0.6) is 11.5 Å². The van der Waals surface area contributed by atoms with Gasteiger partial charge >= 0.3 is 0 Å². The Hall–Kier alpha value is -1.75. The molecule has 5 nitrogen and oxygen atoms in total. The van der Waals surface area contributed by atoms with Crippen molar-refractivity contribution in [2.24, 2.45) is 11.7 Å². The molecule has 0 aromatic heterocycles. The van der Waals surface area contributed by atoms with E-state index >= 15 is 0 Å². The van der Waals surface area contributed by atoms with Gasteiger partial charge in [0.25, 0.3) is 5.91 Å². The van der Waals surface area contributed by atoms with Gasteiger partial charge in [0, 0.05) is 12.6 Å². The van der Waals surface area contributed by atoms with Crippen LogP contribution in [0.3, 0.4) is 0 Å². The minimum atomic E-state index is -0.299. The van der Waals surface area contributed by atoms with Crippen molar-refractivity contribution < 1.29 is 14.6 Å². The van der Waals surface area contributed by atoms with Crippen LogP contribution in [-0.4, -0.2) is 30.7 Å². The zero-order valence-corrected chi connectivity index (χ0v) is 12.5. The van der Waals surface area contributed by atoms with Crippen LogP contribution in [0.1, 0.15) is 42.5 Å². The summed E-state index contributed by atoms with van der Waals surface area (Å²) in [5.74, 6) is 0.625. The van der Waals surface area contributed by atoms with Crippen molar-refractivity contribution in [3.05, 3.63) is 23.8 Å². The molecule has 1 fully saturated rings. The predicted octanol–water partition coefficient (Wildman–Crippen LogP) is 2.04. The lowest BCUT2D eigenvalue weighted by molar-refractivity contribution is 0.0912. The van der Waals surface area contributed by atoms with Crippen LogP contribution in [0.25, 0.3) is 0 Å². The highest BCUT2D eigenvalue weighted by atomic mass is 16.5. The third-order valence-corrected chi connectivity index (χ3v) is 4.24. The number of carbonyl (C=O) groups excluding carboxylic acids is 1. The molecular weight excluding hydrogens is 268 g/mol. The quantitative estimate of drug-likeness (QED) is 0.775. The molecule has 1 amide bonds. The van der Waals surface area contributed by atoms with E-state index in [-0.39, 0.29) is 23.3 Å². The molecule has 2 rings (SSSR count). The zero-order chi connectivity index (χ0) is 15.2. The van der Waals surface area contributed by atoms with E-state index in [2.05, 4.69) is 5.32 Å². The van der Waals surface area contributed by atoms with Crippen molar-refractivity contribution in [3.8, 4) is 11.5 Å². The van der Waals surface area contributed by atoms with E-state index in [9.17, 15) is 9.90 Å². The Morgan fingerprint density at radius 3 is 2.76 bits per heavy atom. The van der Waals surface area contributed by atoms with Crippen molar-refractivity contribution in [2.75, 3.05) is 13.7 Å². The molecule has 21 heavy (non-hydrogen) atoms. The standard InChI is InChI=1S/C16H24N2O3/c1-21-12-7-8-15(19)13(9-12)16(20)18-14(10-17)11-5-3-2-4-6-11/h7-9,11,14,19H,2-6,10,17H2,1H3,(H,18,20). The third-order valence-electron chi connectivity index (χ3n) is 4.24. The van der Waals surface area contributed by atoms with Crippen LogP contribution in [-0.2, 0) is 0 Å². The van der Waals surface area contributed by atoms with E-state index in [0.717, 1.165) is 12.8 Å². The van der Waals surface area contributed by atoms with Crippen molar-refractivity contribution in [1.82, 2.24) is 5.32 Å². The fourth-order valence-corrected chi connectivity index (χ4v) is 2.98. The number of aromatic hydroxyl groups is 1. The fourth-order valence-electron chi connectivity index (χ4n) is 2.98. The summed E-state index contributed by atoms with van der Waals surface area (Å²) in [6.07, 6.45) is 5.86. The topological polar surface area (TPSA) is 84.6 Å². The van der Waals surface area contributed by atoms with Gasteiger partial charge in [-0.25, -0.2) is 0 Å². The molecular formula is C16H24N2O3. The zero-order valence-electron chi connectivity index (χ0n) is 12.5. The fraction of sp³-hybridized carbons (Fsp3) is 0.562. The first-order valence-corrected chi connectivity index (χ1v) is 7.53. The molecule has 0 spiro atoms. The summed E-state index contributed by atoms with van der Waals surface area (Å²) in [4.78, 5) is 12.4. The van der Waals surface area contributed by atoms with Gasteiger partial charge in [0.1, 0.15) is 11.5 Å². The average molecular weight is 292 g/mol. The van der Waals surface area contributed by atoms with E-state index in [1.807, 2.05) is 0 Å². The summed E-state index contributed by atoms with van der Waals surface area (Å²) >= 11 is 0. The molecule has 0 saturated heterocycles. The highest BCUT2D eigenvalue weighted by Gasteiger charge is 2.25. The summed E-state index contributed by atoms with van der Waals surface area (Å²) in [7, 11) is 1.53. The second kappa shape index (κ2) is 7.31. The maximum atomic E-state index is 12.4. The van der Waals surface area contributed by atoms with Gasteiger partial charge in [-0.2, -0.15) is 0 Å². The number of phenols is 1. The molecule has 0 heterocycles. The number of ether oxygens (including phenoxy) is 1. The van der Waals surface area contributed by atoms with E-state index in [0.29, 0.717) is 18.2 Å². The molecule has 1 aliphatic carbocycles. The maximum absolute atomic E-state index is 12.4. The Kier molecular flexibility index (Phi) is 5.44. The summed E-state index contributed by atoms with van der Waals surface area (Å²) in [6.45, 7) is 0.418. The largest absolute Gasteiger partial charge is 0.507 e. The maximum Gasteiger partial charge on any atom is 0.255 e. The summed E-state index contributed by atoms with van der Waals surface area (Å²) in [6, 6.07) is 4.59. The second-order valence-corrected chi connectivity index (χ2v) is 5.60. The first-order valence-electron chi connectivity index (χ1n) is 7.53. The molecule has 0 bridgehead atoms. The number of amides is 1. The number of benzene rings is 1. The highest BCUT2D eigenvalue weighted by Crippen LogP contribution is 2.27. The number of hydrogen-bond donors (Lipinski definition) is 3. The predicted molar refractivity (Wildman–Crippen MR) is 81.5 cm³/mol. The Morgan fingerprint density at radius 2 is 2.14 bits per heavy atom. The number of hydrogen-bond acceptors (Lipinski definition) is 4. The van der Waals surface area contributed by atoms with Crippen molar-refractivity contribution in [2.45, 2.75) is 38.1 Å². The first kappa shape index (κ1) is 15.6. The SMILES string of the molecule is COc1ccc(O)c(C(=O)NC(CN)C2CCCCC2)c1. The second-order valence-electron chi connectivity index (χ2n) is 5.60. The number of methoxy groups -OCH3 is 1. The normalized spacial score (nSPS) is 17.2. The molecule has 5 heteroatoms. The Labute approximate surface area is 125 Å². The monoisotopic (exact) mass is 292 g/mol. The number of carbonyl (C=O) groups is 1. The van der Waals surface area contributed by atoms with Gasteiger partial charge in [0.2, 0.25) is 0 Å².